The molecule has 0 saturated heterocycles. The minimum atomic E-state index is -0.164. The van der Waals surface area contributed by atoms with Crippen LogP contribution in [-0.4, -0.2) is 28.4 Å². The summed E-state index contributed by atoms with van der Waals surface area (Å²) in [5.74, 6) is 0.492. The number of aromatic nitrogens is 2. The molecule has 4 aromatic rings. The molecule has 1 aliphatic heterocycles. The third-order valence-corrected chi connectivity index (χ3v) is 5.32. The van der Waals surface area contributed by atoms with E-state index in [2.05, 4.69) is 15.4 Å². The van der Waals surface area contributed by atoms with Crippen molar-refractivity contribution in [1.29, 1.82) is 0 Å². The minimum absolute atomic E-state index is 0.0331. The number of nitrogens with zero attached hydrogens (tertiary/aromatic N) is 3. The van der Waals surface area contributed by atoms with E-state index in [-0.39, 0.29) is 12.5 Å². The van der Waals surface area contributed by atoms with Crippen LogP contribution in [0, 0.1) is 0 Å². The van der Waals surface area contributed by atoms with Gasteiger partial charge >= 0.3 is 0 Å². The van der Waals surface area contributed by atoms with Gasteiger partial charge in [0.15, 0.2) is 6.61 Å². The van der Waals surface area contributed by atoms with Gasteiger partial charge in [-0.15, -0.1) is 11.3 Å². The standard InChI is InChI=1S/C22H17N5O2S/c28-21-13-29-20-9-8-15(11-18(20)26-21)19-14-30-22(25-16-5-2-1-3-6-16)27(19)24-12-17-7-4-10-23-17/h1-12,14,23H,13H2,(H,26,28). The Morgan fingerprint density at radius 1 is 1.10 bits per heavy atom. The maximum atomic E-state index is 11.7. The molecule has 5 rings (SSSR count). The third kappa shape index (κ3) is 3.68. The molecule has 8 heteroatoms. The number of ether oxygens (including phenoxy) is 1. The lowest BCUT2D eigenvalue weighted by Crippen LogP contribution is -2.25. The third-order valence-electron chi connectivity index (χ3n) is 4.51. The van der Waals surface area contributed by atoms with Gasteiger partial charge in [-0.05, 0) is 42.5 Å². The molecule has 2 N–H and O–H groups in total. The van der Waals surface area contributed by atoms with E-state index in [1.165, 1.54) is 11.3 Å². The zero-order chi connectivity index (χ0) is 20.3. The number of nitrogens with one attached hydrogen (secondary N) is 2. The van der Waals surface area contributed by atoms with E-state index < -0.39 is 0 Å². The van der Waals surface area contributed by atoms with E-state index in [0.29, 0.717) is 11.4 Å². The number of carbonyl (C=O) groups is 1. The summed E-state index contributed by atoms with van der Waals surface area (Å²) in [6.07, 6.45) is 3.60. The Balaban J connectivity index is 1.62. The maximum absolute atomic E-state index is 11.7. The highest BCUT2D eigenvalue weighted by molar-refractivity contribution is 7.07. The molecule has 1 amide bonds. The number of para-hydroxylation sites is 1. The van der Waals surface area contributed by atoms with Gasteiger partial charge in [0.1, 0.15) is 5.75 Å². The van der Waals surface area contributed by atoms with E-state index in [1.807, 2.05) is 72.2 Å². The Labute approximate surface area is 176 Å². The van der Waals surface area contributed by atoms with Gasteiger partial charge in [-0.1, -0.05) is 18.2 Å². The summed E-state index contributed by atoms with van der Waals surface area (Å²) in [6, 6.07) is 19.3. The number of aromatic amines is 1. The molecular weight excluding hydrogens is 398 g/mol. The Bertz CT molecular complexity index is 1290. The van der Waals surface area contributed by atoms with E-state index >= 15 is 0 Å². The second kappa shape index (κ2) is 7.84. The summed E-state index contributed by atoms with van der Waals surface area (Å²) in [4.78, 5) is 20.3. The smallest absolute Gasteiger partial charge is 0.262 e. The number of carbonyl (C=O) groups excluding carboxylic acids is 1. The van der Waals surface area contributed by atoms with Gasteiger partial charge in [0.2, 0.25) is 4.80 Å². The Morgan fingerprint density at radius 3 is 2.83 bits per heavy atom. The first kappa shape index (κ1) is 18.1. The zero-order valence-electron chi connectivity index (χ0n) is 15.8. The largest absolute Gasteiger partial charge is 0.482 e. The number of thiazole rings is 1. The minimum Gasteiger partial charge on any atom is -0.482 e. The van der Waals surface area contributed by atoms with Gasteiger partial charge in [0, 0.05) is 17.1 Å². The fourth-order valence-electron chi connectivity index (χ4n) is 3.09. The van der Waals surface area contributed by atoms with Crippen molar-refractivity contribution < 1.29 is 9.53 Å². The summed E-state index contributed by atoms with van der Waals surface area (Å²) in [5.41, 5.74) is 4.14. The number of benzene rings is 2. The topological polar surface area (TPSA) is 83.8 Å². The molecule has 0 unspecified atom stereocenters. The summed E-state index contributed by atoms with van der Waals surface area (Å²) in [5, 5.41) is 9.52. The number of amides is 1. The van der Waals surface area contributed by atoms with E-state index in [9.17, 15) is 4.79 Å². The monoisotopic (exact) mass is 415 g/mol. The van der Waals surface area contributed by atoms with Crippen LogP contribution in [0.3, 0.4) is 0 Å². The molecule has 1 aliphatic rings. The number of hydrogen-bond donors (Lipinski definition) is 2. The van der Waals surface area contributed by atoms with E-state index in [0.717, 1.165) is 27.4 Å². The molecule has 0 spiro atoms. The van der Waals surface area contributed by atoms with Crippen molar-refractivity contribution in [1.82, 2.24) is 9.66 Å². The molecule has 0 fully saturated rings. The predicted molar refractivity (Wildman–Crippen MR) is 117 cm³/mol. The first-order valence-electron chi connectivity index (χ1n) is 9.31. The number of hydrogen-bond acceptors (Lipinski definition) is 5. The Hall–Kier alpha value is -3.91. The van der Waals surface area contributed by atoms with Gasteiger partial charge in [-0.2, -0.15) is 5.10 Å². The van der Waals surface area contributed by atoms with Crippen molar-refractivity contribution >= 4 is 34.8 Å². The molecule has 2 aromatic carbocycles. The Morgan fingerprint density at radius 2 is 2.00 bits per heavy atom. The van der Waals surface area contributed by atoms with Gasteiger partial charge in [-0.3, -0.25) is 4.79 Å². The van der Waals surface area contributed by atoms with Crippen LogP contribution in [0.2, 0.25) is 0 Å². The van der Waals surface area contributed by atoms with Gasteiger partial charge < -0.3 is 15.0 Å². The summed E-state index contributed by atoms with van der Waals surface area (Å²) < 4.78 is 7.27. The van der Waals surface area contributed by atoms with Crippen LogP contribution in [-0.2, 0) is 4.79 Å². The summed E-state index contributed by atoms with van der Waals surface area (Å²) in [7, 11) is 0. The highest BCUT2D eigenvalue weighted by Gasteiger charge is 2.17. The normalized spacial score (nSPS) is 13.9. The lowest BCUT2D eigenvalue weighted by molar-refractivity contribution is -0.118. The van der Waals surface area contributed by atoms with Crippen LogP contribution in [0.5, 0.6) is 5.75 Å². The number of H-pyrrole nitrogens is 1. The van der Waals surface area contributed by atoms with E-state index in [1.54, 1.807) is 10.9 Å². The van der Waals surface area contributed by atoms with E-state index in [4.69, 9.17) is 9.73 Å². The van der Waals surface area contributed by atoms with Gasteiger partial charge in [0.05, 0.1) is 29.0 Å². The molecule has 0 aliphatic carbocycles. The van der Waals surface area contributed by atoms with Crippen molar-refractivity contribution in [2.24, 2.45) is 10.1 Å². The lowest BCUT2D eigenvalue weighted by Gasteiger charge is -2.18. The van der Waals surface area contributed by atoms with Crippen LogP contribution in [0.25, 0.3) is 11.3 Å². The molecule has 0 bridgehead atoms. The van der Waals surface area contributed by atoms with Gasteiger partial charge in [0.25, 0.3) is 5.91 Å². The van der Waals surface area contributed by atoms with Crippen LogP contribution in [0.15, 0.2) is 82.3 Å². The summed E-state index contributed by atoms with van der Waals surface area (Å²) >= 11 is 1.49. The highest BCUT2D eigenvalue weighted by Crippen LogP contribution is 2.33. The fraction of sp³-hybridized carbons (Fsp3) is 0.0455. The summed E-state index contributed by atoms with van der Waals surface area (Å²) in [6.45, 7) is 0.0331. The van der Waals surface area contributed by atoms with Crippen molar-refractivity contribution in [3.8, 4) is 17.0 Å². The SMILES string of the molecule is O=C1COc2ccc(-c3csc(=Nc4ccccc4)n3N=Cc3ccc[nH]3)cc2N1. The van der Waals surface area contributed by atoms with Crippen molar-refractivity contribution in [2.75, 3.05) is 11.9 Å². The quantitative estimate of drug-likeness (QED) is 0.494. The van der Waals surface area contributed by atoms with Crippen LogP contribution >= 0.6 is 11.3 Å². The van der Waals surface area contributed by atoms with Crippen molar-refractivity contribution in [3.63, 3.8) is 0 Å². The zero-order valence-corrected chi connectivity index (χ0v) is 16.6. The fourth-order valence-corrected chi connectivity index (χ4v) is 3.94. The molecule has 0 saturated carbocycles. The van der Waals surface area contributed by atoms with Crippen LogP contribution < -0.4 is 14.9 Å². The van der Waals surface area contributed by atoms with Gasteiger partial charge in [-0.25, -0.2) is 9.67 Å². The molecule has 0 radical (unpaired) electrons. The molecule has 0 atom stereocenters. The first-order valence-corrected chi connectivity index (χ1v) is 10.2. The average molecular weight is 415 g/mol. The molecule has 3 heterocycles. The van der Waals surface area contributed by atoms with Crippen LogP contribution in [0.4, 0.5) is 11.4 Å². The number of anilines is 1. The molecule has 7 nitrogen and oxygen atoms in total. The molecule has 30 heavy (non-hydrogen) atoms. The number of fused-ring (bicyclic) bond motifs is 1. The lowest BCUT2D eigenvalue weighted by atomic mass is 10.1. The molecule has 148 valence electrons. The number of rotatable bonds is 4. The van der Waals surface area contributed by atoms with Crippen molar-refractivity contribution in [3.05, 3.63) is 82.7 Å². The van der Waals surface area contributed by atoms with Crippen molar-refractivity contribution in [2.45, 2.75) is 0 Å². The van der Waals surface area contributed by atoms with Crippen LogP contribution in [0.1, 0.15) is 5.69 Å². The Kier molecular flexibility index (Phi) is 4.74. The average Bonchev–Trinajstić information content (AvgIpc) is 3.42. The first-order chi connectivity index (χ1) is 14.8. The predicted octanol–water partition coefficient (Wildman–Crippen LogP) is 3.99. The molecular formula is C22H17N5O2S. The maximum Gasteiger partial charge on any atom is 0.262 e. The molecule has 2 aromatic heterocycles. The second-order valence-electron chi connectivity index (χ2n) is 6.58. The highest BCUT2D eigenvalue weighted by atomic mass is 32.1. The second-order valence-corrected chi connectivity index (χ2v) is 7.42.